The fourth-order valence-corrected chi connectivity index (χ4v) is 3.94. The van der Waals surface area contributed by atoms with E-state index in [2.05, 4.69) is 5.32 Å². The lowest BCUT2D eigenvalue weighted by atomic mass is 9.98. The molecule has 0 atom stereocenters. The van der Waals surface area contributed by atoms with Gasteiger partial charge in [0.25, 0.3) is 5.91 Å². The number of carbonyl (C=O) groups excluding carboxylic acids is 3. The van der Waals surface area contributed by atoms with Crippen molar-refractivity contribution in [1.29, 1.82) is 0 Å². The summed E-state index contributed by atoms with van der Waals surface area (Å²) in [5.74, 6) is -0.305. The van der Waals surface area contributed by atoms with Crippen molar-refractivity contribution in [3.8, 4) is 11.1 Å². The molecule has 6 heteroatoms. The van der Waals surface area contributed by atoms with Crippen molar-refractivity contribution in [3.63, 3.8) is 0 Å². The first-order chi connectivity index (χ1) is 15.6. The number of nitrogens with zero attached hydrogens (tertiary/aromatic N) is 1. The molecule has 162 valence electrons. The molecule has 0 saturated carbocycles. The molecule has 4 rings (SSSR count). The van der Waals surface area contributed by atoms with Crippen molar-refractivity contribution < 1.29 is 19.1 Å². The van der Waals surface area contributed by atoms with Crippen LogP contribution in [0.2, 0.25) is 0 Å². The van der Waals surface area contributed by atoms with Gasteiger partial charge in [-0.25, -0.2) is 0 Å². The van der Waals surface area contributed by atoms with E-state index in [0.29, 0.717) is 41.9 Å². The van der Waals surface area contributed by atoms with E-state index in [-0.39, 0.29) is 24.2 Å². The van der Waals surface area contributed by atoms with Gasteiger partial charge in [0.2, 0.25) is 5.91 Å². The van der Waals surface area contributed by atoms with Crippen LogP contribution in [0.1, 0.15) is 33.6 Å². The van der Waals surface area contributed by atoms with Gasteiger partial charge in [-0.1, -0.05) is 42.5 Å². The van der Waals surface area contributed by atoms with Gasteiger partial charge in [-0.3, -0.25) is 14.4 Å². The van der Waals surface area contributed by atoms with Gasteiger partial charge in [-0.15, -0.1) is 0 Å². The van der Waals surface area contributed by atoms with Crippen LogP contribution in [0.3, 0.4) is 0 Å². The number of ketones is 1. The number of methoxy groups -OCH3 is 1. The van der Waals surface area contributed by atoms with Crippen LogP contribution in [-0.4, -0.2) is 37.9 Å². The van der Waals surface area contributed by atoms with Crippen molar-refractivity contribution in [2.45, 2.75) is 12.8 Å². The summed E-state index contributed by atoms with van der Waals surface area (Å²) in [4.78, 5) is 39.6. The monoisotopic (exact) mass is 428 g/mol. The van der Waals surface area contributed by atoms with Crippen molar-refractivity contribution in [1.82, 2.24) is 0 Å². The SMILES string of the molecule is COCC(=O)Nc1ccc(-c2ccccc2C(=O)N2CCCC(=O)c3ccccc32)cc1. The minimum atomic E-state index is -0.231. The number of hydrogen-bond acceptors (Lipinski definition) is 4. The molecule has 1 N–H and O–H groups in total. The maximum absolute atomic E-state index is 13.6. The second kappa shape index (κ2) is 9.58. The molecule has 32 heavy (non-hydrogen) atoms. The quantitative estimate of drug-likeness (QED) is 0.646. The smallest absolute Gasteiger partial charge is 0.258 e. The number of ether oxygens (including phenoxy) is 1. The lowest BCUT2D eigenvalue weighted by molar-refractivity contribution is -0.119. The predicted octanol–water partition coefficient (Wildman–Crippen LogP) is 4.56. The van der Waals surface area contributed by atoms with Crippen LogP contribution in [0.15, 0.2) is 72.8 Å². The summed E-state index contributed by atoms with van der Waals surface area (Å²) < 4.78 is 4.83. The molecule has 0 spiro atoms. The van der Waals surface area contributed by atoms with Crippen LogP contribution in [0.4, 0.5) is 11.4 Å². The summed E-state index contributed by atoms with van der Waals surface area (Å²) in [6.45, 7) is 0.472. The lowest BCUT2D eigenvalue weighted by Crippen LogP contribution is -2.32. The highest BCUT2D eigenvalue weighted by molar-refractivity contribution is 6.14. The van der Waals surface area contributed by atoms with E-state index >= 15 is 0 Å². The Morgan fingerprint density at radius 3 is 2.38 bits per heavy atom. The van der Waals surface area contributed by atoms with Gasteiger partial charge in [0, 0.05) is 36.9 Å². The van der Waals surface area contributed by atoms with Crippen molar-refractivity contribution in [2.24, 2.45) is 0 Å². The van der Waals surface area contributed by atoms with Crippen LogP contribution < -0.4 is 10.2 Å². The van der Waals surface area contributed by atoms with Crippen molar-refractivity contribution in [3.05, 3.63) is 83.9 Å². The molecule has 0 bridgehead atoms. The van der Waals surface area contributed by atoms with Gasteiger partial charge in [0.15, 0.2) is 5.78 Å². The summed E-state index contributed by atoms with van der Waals surface area (Å²) >= 11 is 0. The van der Waals surface area contributed by atoms with E-state index in [1.165, 1.54) is 7.11 Å². The summed E-state index contributed by atoms with van der Waals surface area (Å²) in [6, 6.07) is 22.1. The molecule has 6 nitrogen and oxygen atoms in total. The molecule has 0 aliphatic carbocycles. The third-order valence-corrected chi connectivity index (χ3v) is 5.44. The third kappa shape index (κ3) is 4.45. The molecule has 3 aromatic carbocycles. The molecule has 2 amide bonds. The number of amides is 2. The molecular formula is C26H24N2O4. The average Bonchev–Trinajstić information content (AvgIpc) is 2.98. The molecule has 0 saturated heterocycles. The number of benzene rings is 3. The maximum atomic E-state index is 13.6. The first-order valence-corrected chi connectivity index (χ1v) is 10.5. The van der Waals surface area contributed by atoms with Gasteiger partial charge < -0.3 is 15.0 Å². The number of anilines is 2. The Balaban J connectivity index is 1.66. The standard InChI is InChI=1S/C26H24N2O4/c1-32-17-25(30)27-19-14-12-18(13-15-19)20-7-2-3-8-21(20)26(31)28-16-6-11-24(29)22-9-4-5-10-23(22)28/h2-5,7-10,12-15H,6,11,16-17H2,1H3,(H,27,30). The molecule has 0 unspecified atom stereocenters. The molecule has 3 aromatic rings. The summed E-state index contributed by atoms with van der Waals surface area (Å²) in [5, 5.41) is 2.76. The molecule has 1 aliphatic rings. The number of Topliss-reactive ketones (excluding diaryl/α,β-unsaturated/α-hetero) is 1. The topological polar surface area (TPSA) is 75.7 Å². The van der Waals surface area contributed by atoms with E-state index in [4.69, 9.17) is 4.74 Å². The van der Waals surface area contributed by atoms with E-state index in [1.807, 2.05) is 48.5 Å². The fraction of sp³-hybridized carbons (Fsp3) is 0.192. The minimum absolute atomic E-state index is 0.0150. The first-order valence-electron chi connectivity index (χ1n) is 10.5. The highest BCUT2D eigenvalue weighted by Gasteiger charge is 2.27. The zero-order chi connectivity index (χ0) is 22.5. The zero-order valence-corrected chi connectivity index (χ0v) is 17.8. The normalized spacial score (nSPS) is 13.3. The van der Waals surface area contributed by atoms with E-state index in [1.54, 1.807) is 29.2 Å². The maximum Gasteiger partial charge on any atom is 0.258 e. The predicted molar refractivity (Wildman–Crippen MR) is 124 cm³/mol. The lowest BCUT2D eigenvalue weighted by Gasteiger charge is -2.24. The first kappa shape index (κ1) is 21.5. The van der Waals surface area contributed by atoms with Crippen LogP contribution in [0.25, 0.3) is 11.1 Å². The Hall–Kier alpha value is -3.77. The van der Waals surface area contributed by atoms with Crippen LogP contribution >= 0.6 is 0 Å². The Morgan fingerprint density at radius 2 is 1.62 bits per heavy atom. The second-order valence-electron chi connectivity index (χ2n) is 7.60. The highest BCUT2D eigenvalue weighted by atomic mass is 16.5. The largest absolute Gasteiger partial charge is 0.375 e. The highest BCUT2D eigenvalue weighted by Crippen LogP contribution is 2.31. The Bertz CT molecular complexity index is 1150. The number of hydrogen-bond donors (Lipinski definition) is 1. The van der Waals surface area contributed by atoms with Gasteiger partial charge in [-0.2, -0.15) is 0 Å². The van der Waals surface area contributed by atoms with Crippen LogP contribution in [0, 0.1) is 0 Å². The van der Waals surface area contributed by atoms with Gasteiger partial charge >= 0.3 is 0 Å². The molecule has 1 aliphatic heterocycles. The van der Waals surface area contributed by atoms with E-state index in [0.717, 1.165) is 11.1 Å². The Labute approximate surface area is 186 Å². The van der Waals surface area contributed by atoms with Crippen LogP contribution in [-0.2, 0) is 9.53 Å². The Morgan fingerprint density at radius 1 is 0.938 bits per heavy atom. The van der Waals surface area contributed by atoms with Gasteiger partial charge in [0.1, 0.15) is 6.61 Å². The minimum Gasteiger partial charge on any atom is -0.375 e. The fourth-order valence-electron chi connectivity index (χ4n) is 3.94. The molecule has 0 fully saturated rings. The van der Waals surface area contributed by atoms with Gasteiger partial charge in [0.05, 0.1) is 5.69 Å². The summed E-state index contributed by atoms with van der Waals surface area (Å²) in [6.07, 6.45) is 1.05. The van der Waals surface area contributed by atoms with E-state index in [9.17, 15) is 14.4 Å². The summed E-state index contributed by atoms with van der Waals surface area (Å²) in [7, 11) is 1.47. The number of fused-ring (bicyclic) bond motifs is 1. The average molecular weight is 428 g/mol. The zero-order valence-electron chi connectivity index (χ0n) is 17.8. The number of nitrogens with one attached hydrogen (secondary N) is 1. The van der Waals surface area contributed by atoms with Crippen molar-refractivity contribution in [2.75, 3.05) is 30.5 Å². The summed E-state index contributed by atoms with van der Waals surface area (Å²) in [5.41, 5.74) is 4.11. The Kier molecular flexibility index (Phi) is 6.42. The van der Waals surface area contributed by atoms with Crippen molar-refractivity contribution >= 4 is 29.0 Å². The third-order valence-electron chi connectivity index (χ3n) is 5.44. The molecule has 1 heterocycles. The number of carbonyl (C=O) groups is 3. The molecule has 0 radical (unpaired) electrons. The number of para-hydroxylation sites is 1. The molecule has 0 aromatic heterocycles. The van der Waals surface area contributed by atoms with E-state index < -0.39 is 0 Å². The van der Waals surface area contributed by atoms with Crippen LogP contribution in [0.5, 0.6) is 0 Å². The molecular weight excluding hydrogens is 404 g/mol. The van der Waals surface area contributed by atoms with Gasteiger partial charge in [-0.05, 0) is 47.9 Å². The number of rotatable bonds is 5. The second-order valence-corrected chi connectivity index (χ2v) is 7.60.